The lowest BCUT2D eigenvalue weighted by molar-refractivity contribution is 0.0954. The number of pyridine rings is 1. The molecule has 1 aromatic rings. The van der Waals surface area contributed by atoms with Gasteiger partial charge in [0, 0.05) is 47.2 Å². The van der Waals surface area contributed by atoms with Gasteiger partial charge in [-0.3, -0.25) is 9.00 Å². The maximum atomic E-state index is 12.0. The molecule has 6 heteroatoms. The topological polar surface area (TPSA) is 68.3 Å². The second-order valence-corrected chi connectivity index (χ2v) is 6.85. The molecule has 0 spiro atoms. The molecule has 1 atom stereocenters. The van der Waals surface area contributed by atoms with Crippen molar-refractivity contribution in [2.45, 2.75) is 38.2 Å². The van der Waals surface area contributed by atoms with E-state index < -0.39 is 10.8 Å². The second-order valence-electron chi connectivity index (χ2n) is 5.29. The summed E-state index contributed by atoms with van der Waals surface area (Å²) in [5.74, 6) is 0.785. The van der Waals surface area contributed by atoms with Gasteiger partial charge in [0.25, 0.3) is 5.91 Å². The third-order valence-electron chi connectivity index (χ3n) is 3.51. The van der Waals surface area contributed by atoms with Crippen LogP contribution in [-0.4, -0.2) is 39.8 Å². The van der Waals surface area contributed by atoms with Gasteiger partial charge in [-0.05, 0) is 31.7 Å². The molecular formula is C15H22N2O3S. The van der Waals surface area contributed by atoms with Crippen molar-refractivity contribution in [2.24, 2.45) is 0 Å². The summed E-state index contributed by atoms with van der Waals surface area (Å²) < 4.78 is 16.8. The first-order chi connectivity index (χ1) is 10.1. The first-order valence-corrected chi connectivity index (χ1v) is 9.09. The molecule has 0 radical (unpaired) electrons. The monoisotopic (exact) mass is 310 g/mol. The molecule has 1 heterocycles. The lowest BCUT2D eigenvalue weighted by Gasteiger charge is -2.22. The van der Waals surface area contributed by atoms with Gasteiger partial charge in [0.15, 0.2) is 0 Å². The molecule has 1 aliphatic carbocycles. The lowest BCUT2D eigenvalue weighted by Crippen LogP contribution is -2.27. The number of aromatic nitrogens is 1. The highest BCUT2D eigenvalue weighted by atomic mass is 32.2. The first kappa shape index (κ1) is 15.9. The van der Waals surface area contributed by atoms with E-state index in [9.17, 15) is 9.00 Å². The Labute approximate surface area is 127 Å². The third kappa shape index (κ3) is 5.46. The Morgan fingerprint density at radius 1 is 1.43 bits per heavy atom. The predicted molar refractivity (Wildman–Crippen MR) is 83.0 cm³/mol. The fraction of sp³-hybridized carbons (Fsp3) is 0.600. The van der Waals surface area contributed by atoms with Crippen LogP contribution in [-0.2, 0) is 10.8 Å². The average Bonchev–Trinajstić information content (AvgIpc) is 2.48. The summed E-state index contributed by atoms with van der Waals surface area (Å²) in [6.45, 7) is 0.406. The number of ether oxygens (including phenoxy) is 1. The number of carbonyl (C=O) groups is 1. The van der Waals surface area contributed by atoms with Crippen molar-refractivity contribution < 1.29 is 13.7 Å². The van der Waals surface area contributed by atoms with Gasteiger partial charge >= 0.3 is 0 Å². The average molecular weight is 310 g/mol. The van der Waals surface area contributed by atoms with E-state index in [1.54, 1.807) is 24.6 Å². The number of nitrogens with zero attached hydrogens (tertiary/aromatic N) is 1. The van der Waals surface area contributed by atoms with Crippen molar-refractivity contribution in [2.75, 3.05) is 18.6 Å². The van der Waals surface area contributed by atoms with Gasteiger partial charge in [-0.1, -0.05) is 6.42 Å². The maximum absolute atomic E-state index is 12.0. The Morgan fingerprint density at radius 2 is 2.19 bits per heavy atom. The largest absolute Gasteiger partial charge is 0.474 e. The molecule has 21 heavy (non-hydrogen) atoms. The molecule has 116 valence electrons. The van der Waals surface area contributed by atoms with Crippen molar-refractivity contribution in [3.05, 3.63) is 23.9 Å². The van der Waals surface area contributed by atoms with Gasteiger partial charge in [0.1, 0.15) is 6.10 Å². The summed E-state index contributed by atoms with van der Waals surface area (Å²) in [4.78, 5) is 16.2. The van der Waals surface area contributed by atoms with E-state index in [1.807, 2.05) is 0 Å². The number of carbonyl (C=O) groups excluding carboxylic acids is 1. The van der Waals surface area contributed by atoms with Crippen LogP contribution in [0.1, 0.15) is 42.5 Å². The fourth-order valence-corrected chi connectivity index (χ4v) is 2.77. The highest BCUT2D eigenvalue weighted by Crippen LogP contribution is 2.22. The zero-order valence-electron chi connectivity index (χ0n) is 12.3. The molecule has 1 amide bonds. The van der Waals surface area contributed by atoms with Crippen LogP contribution in [0.25, 0.3) is 0 Å². The van der Waals surface area contributed by atoms with Crippen LogP contribution in [0, 0.1) is 0 Å². The Bertz CT molecular complexity index is 501. The standard InChI is InChI=1S/C15H22N2O3S/c1-21(19)10-9-17-15(18)12-7-8-16-14(11-12)20-13-5-3-2-4-6-13/h7-8,11,13H,2-6,9-10H2,1H3,(H,17,18)/t21-/m1/s1. The van der Waals surface area contributed by atoms with Crippen LogP contribution in [0.3, 0.4) is 0 Å². The number of amides is 1. The molecule has 1 aromatic heterocycles. The van der Waals surface area contributed by atoms with Crippen molar-refractivity contribution in [1.29, 1.82) is 0 Å². The molecule has 1 aliphatic rings. The molecule has 1 saturated carbocycles. The van der Waals surface area contributed by atoms with E-state index in [1.165, 1.54) is 19.3 Å². The molecule has 0 saturated heterocycles. The van der Waals surface area contributed by atoms with Crippen molar-refractivity contribution in [3.63, 3.8) is 0 Å². The van der Waals surface area contributed by atoms with E-state index in [-0.39, 0.29) is 12.0 Å². The molecule has 0 aliphatic heterocycles. The number of rotatable bonds is 6. The Kier molecular flexibility index (Phi) is 6.17. The zero-order chi connectivity index (χ0) is 15.1. The van der Waals surface area contributed by atoms with Gasteiger partial charge in [-0.25, -0.2) is 4.98 Å². The molecule has 0 aromatic carbocycles. The zero-order valence-corrected chi connectivity index (χ0v) is 13.2. The summed E-state index contributed by atoms with van der Waals surface area (Å²) in [5.41, 5.74) is 0.526. The van der Waals surface area contributed by atoms with Crippen molar-refractivity contribution >= 4 is 16.7 Å². The lowest BCUT2D eigenvalue weighted by atomic mass is 9.98. The van der Waals surface area contributed by atoms with Gasteiger partial charge < -0.3 is 10.1 Å². The molecule has 5 nitrogen and oxygen atoms in total. The molecular weight excluding hydrogens is 288 g/mol. The summed E-state index contributed by atoms with van der Waals surface area (Å²) in [7, 11) is -0.900. The van der Waals surface area contributed by atoms with Crippen LogP contribution in [0.5, 0.6) is 5.88 Å². The van der Waals surface area contributed by atoms with E-state index in [0.29, 0.717) is 23.7 Å². The summed E-state index contributed by atoms with van der Waals surface area (Å²) in [5, 5.41) is 2.75. The van der Waals surface area contributed by atoms with E-state index in [4.69, 9.17) is 4.74 Å². The van der Waals surface area contributed by atoms with Crippen LogP contribution in [0.2, 0.25) is 0 Å². The van der Waals surface area contributed by atoms with Crippen molar-refractivity contribution in [1.82, 2.24) is 10.3 Å². The first-order valence-electron chi connectivity index (χ1n) is 7.36. The van der Waals surface area contributed by atoms with Crippen LogP contribution < -0.4 is 10.1 Å². The van der Waals surface area contributed by atoms with Crippen LogP contribution >= 0.6 is 0 Å². The van der Waals surface area contributed by atoms with Crippen molar-refractivity contribution in [3.8, 4) is 5.88 Å². The summed E-state index contributed by atoms with van der Waals surface area (Å²) in [6, 6.07) is 3.33. The number of hydrogen-bond acceptors (Lipinski definition) is 4. The van der Waals surface area contributed by atoms with Gasteiger partial charge in [-0.2, -0.15) is 0 Å². The van der Waals surface area contributed by atoms with Gasteiger partial charge in [0.2, 0.25) is 5.88 Å². The SMILES string of the molecule is C[S@@](=O)CCNC(=O)c1ccnc(OC2CCCCC2)c1. The number of nitrogens with one attached hydrogen (secondary N) is 1. The third-order valence-corrected chi connectivity index (χ3v) is 4.29. The van der Waals surface area contributed by atoms with E-state index in [2.05, 4.69) is 10.3 Å². The van der Waals surface area contributed by atoms with Crippen LogP contribution in [0.15, 0.2) is 18.3 Å². The Balaban J connectivity index is 1.90. The van der Waals surface area contributed by atoms with E-state index >= 15 is 0 Å². The maximum Gasteiger partial charge on any atom is 0.251 e. The smallest absolute Gasteiger partial charge is 0.251 e. The predicted octanol–water partition coefficient (Wildman–Crippen LogP) is 1.90. The van der Waals surface area contributed by atoms with Crippen LogP contribution in [0.4, 0.5) is 0 Å². The fourth-order valence-electron chi connectivity index (χ4n) is 2.38. The highest BCUT2D eigenvalue weighted by Gasteiger charge is 2.16. The molecule has 1 N–H and O–H groups in total. The van der Waals surface area contributed by atoms with E-state index in [0.717, 1.165) is 12.8 Å². The Hall–Kier alpha value is -1.43. The quantitative estimate of drug-likeness (QED) is 0.871. The van der Waals surface area contributed by atoms with Gasteiger partial charge in [0.05, 0.1) is 0 Å². The number of hydrogen-bond donors (Lipinski definition) is 1. The molecule has 2 rings (SSSR count). The molecule has 1 fully saturated rings. The Morgan fingerprint density at radius 3 is 2.90 bits per heavy atom. The minimum Gasteiger partial charge on any atom is -0.474 e. The highest BCUT2D eigenvalue weighted by molar-refractivity contribution is 7.84. The normalized spacial score (nSPS) is 17.2. The van der Waals surface area contributed by atoms with Gasteiger partial charge in [-0.15, -0.1) is 0 Å². The minimum atomic E-state index is -0.900. The molecule has 0 unspecified atom stereocenters. The summed E-state index contributed by atoms with van der Waals surface area (Å²) in [6.07, 6.45) is 9.19. The summed E-state index contributed by atoms with van der Waals surface area (Å²) >= 11 is 0. The molecule has 0 bridgehead atoms. The minimum absolute atomic E-state index is 0.184. The second kappa shape index (κ2) is 8.12.